The monoisotopic (exact) mass is 406 g/mol. The third kappa shape index (κ3) is 3.39. The molecule has 0 saturated heterocycles. The molecule has 0 fully saturated rings. The van der Waals surface area contributed by atoms with Gasteiger partial charge < -0.3 is 0 Å². The second kappa shape index (κ2) is 7.92. The van der Waals surface area contributed by atoms with Crippen LogP contribution in [0.1, 0.15) is 0 Å². The third-order valence-electron chi connectivity index (χ3n) is 4.83. The summed E-state index contributed by atoms with van der Waals surface area (Å²) in [5, 5.41) is 1.78. The zero-order valence-corrected chi connectivity index (χ0v) is 17.3. The smallest absolute Gasteiger partial charge is 0.167 e. The number of benzene rings is 4. The maximum absolute atomic E-state index is 15.0. The van der Waals surface area contributed by atoms with E-state index in [1.807, 2.05) is 60.7 Å². The number of halogens is 2. The van der Waals surface area contributed by atoms with Crippen LogP contribution in [0.2, 0.25) is 0 Å². The minimum atomic E-state index is -0.832. The van der Waals surface area contributed by atoms with Crippen molar-refractivity contribution in [3.05, 3.63) is 96.6 Å². The summed E-state index contributed by atoms with van der Waals surface area (Å²) < 4.78 is 29.8. The molecule has 4 rings (SSSR count). The summed E-state index contributed by atoms with van der Waals surface area (Å²) >= 11 is 0. The number of hydrogen-bond donors (Lipinski definition) is 0. The van der Waals surface area contributed by atoms with Crippen LogP contribution in [0.5, 0.6) is 0 Å². The average molecular weight is 406 g/mol. The minimum absolute atomic E-state index is 0.255. The predicted molar refractivity (Wildman–Crippen MR) is 121 cm³/mol. The van der Waals surface area contributed by atoms with Crippen molar-refractivity contribution >= 4 is 29.1 Å². The van der Waals surface area contributed by atoms with E-state index < -0.39 is 11.6 Å². The molecule has 0 radical (unpaired) electrons. The SMILES string of the molecule is Fc1c(-c2ccccc2)ccc(-c2ccc(-c3ccccc3)c(P)c2P)c1F. The lowest BCUT2D eigenvalue weighted by atomic mass is 9.96. The van der Waals surface area contributed by atoms with E-state index in [1.165, 1.54) is 0 Å². The summed E-state index contributed by atoms with van der Waals surface area (Å²) in [6.45, 7) is 0. The Bertz CT molecular complexity index is 1050. The van der Waals surface area contributed by atoms with Crippen LogP contribution in [-0.2, 0) is 0 Å². The van der Waals surface area contributed by atoms with E-state index in [2.05, 4.69) is 18.5 Å². The minimum Gasteiger partial charge on any atom is -0.203 e. The Morgan fingerprint density at radius 1 is 0.429 bits per heavy atom. The zero-order chi connectivity index (χ0) is 19.7. The van der Waals surface area contributed by atoms with Gasteiger partial charge in [-0.3, -0.25) is 0 Å². The van der Waals surface area contributed by atoms with Gasteiger partial charge in [-0.2, -0.15) is 0 Å². The number of hydrogen-bond acceptors (Lipinski definition) is 0. The largest absolute Gasteiger partial charge is 0.203 e. The molecule has 0 saturated carbocycles. The Morgan fingerprint density at radius 3 is 1.43 bits per heavy atom. The van der Waals surface area contributed by atoms with Gasteiger partial charge in [0.2, 0.25) is 0 Å². The van der Waals surface area contributed by atoms with Gasteiger partial charge in [-0.05, 0) is 32.9 Å². The van der Waals surface area contributed by atoms with Crippen molar-refractivity contribution in [1.82, 2.24) is 0 Å². The fourth-order valence-corrected chi connectivity index (χ4v) is 4.16. The Hall–Kier alpha value is -2.40. The molecule has 0 heterocycles. The molecule has 0 aliphatic carbocycles. The molecule has 0 N–H and O–H groups in total. The molecule has 2 atom stereocenters. The van der Waals surface area contributed by atoms with Crippen LogP contribution in [0.15, 0.2) is 84.9 Å². The van der Waals surface area contributed by atoms with Gasteiger partial charge in [0, 0.05) is 11.1 Å². The molecule has 4 aromatic carbocycles. The van der Waals surface area contributed by atoms with Gasteiger partial charge in [0.15, 0.2) is 11.6 Å². The molecule has 0 spiro atoms. The van der Waals surface area contributed by atoms with Crippen LogP contribution in [0.4, 0.5) is 8.78 Å². The highest BCUT2D eigenvalue weighted by Crippen LogP contribution is 2.32. The van der Waals surface area contributed by atoms with Crippen molar-refractivity contribution < 1.29 is 8.78 Å². The summed E-state index contributed by atoms with van der Waals surface area (Å²) in [6, 6.07) is 26.1. The highest BCUT2D eigenvalue weighted by molar-refractivity contribution is 7.36. The Kier molecular flexibility index (Phi) is 5.36. The molecule has 0 aromatic heterocycles. The third-order valence-corrected chi connectivity index (χ3v) is 6.41. The number of rotatable bonds is 3. The fraction of sp³-hybridized carbons (Fsp3) is 0. The Morgan fingerprint density at radius 2 is 0.821 bits per heavy atom. The molecule has 0 nitrogen and oxygen atoms in total. The van der Waals surface area contributed by atoms with E-state index >= 15 is 0 Å². The first-order valence-corrected chi connectivity index (χ1v) is 10.0. The second-order valence-electron chi connectivity index (χ2n) is 6.51. The maximum atomic E-state index is 15.0. The van der Waals surface area contributed by atoms with Crippen molar-refractivity contribution in [2.75, 3.05) is 0 Å². The summed E-state index contributed by atoms with van der Waals surface area (Å²) in [5.74, 6) is -1.66. The van der Waals surface area contributed by atoms with Crippen molar-refractivity contribution in [2.24, 2.45) is 0 Å². The molecule has 4 heteroatoms. The summed E-state index contributed by atoms with van der Waals surface area (Å²) in [6.07, 6.45) is 0. The van der Waals surface area contributed by atoms with Gasteiger partial charge in [-0.15, -0.1) is 18.5 Å². The van der Waals surface area contributed by atoms with Gasteiger partial charge in [-0.1, -0.05) is 84.9 Å². The standard InChI is InChI=1S/C24H18F2P2/c25-21-17(15-7-3-1-4-8-15)11-13-19(22(21)26)20-14-12-18(23(27)24(20)28)16-9-5-2-6-10-16/h1-14H,27-28H2. The van der Waals surface area contributed by atoms with Gasteiger partial charge in [0.25, 0.3) is 0 Å². The van der Waals surface area contributed by atoms with Crippen molar-refractivity contribution in [1.29, 1.82) is 0 Å². The Labute approximate surface area is 168 Å². The van der Waals surface area contributed by atoms with Crippen LogP contribution >= 0.6 is 18.5 Å². The first kappa shape index (κ1) is 18.9. The summed E-state index contributed by atoms with van der Waals surface area (Å²) in [4.78, 5) is 0. The molecular weight excluding hydrogens is 388 g/mol. The first-order chi connectivity index (χ1) is 13.6. The summed E-state index contributed by atoms with van der Waals surface area (Å²) in [7, 11) is 5.39. The van der Waals surface area contributed by atoms with Crippen molar-refractivity contribution in [3.8, 4) is 33.4 Å². The van der Waals surface area contributed by atoms with Crippen LogP contribution in [0, 0.1) is 11.6 Å². The fourth-order valence-electron chi connectivity index (χ4n) is 3.34. The zero-order valence-electron chi connectivity index (χ0n) is 15.0. The molecule has 138 valence electrons. The lowest BCUT2D eigenvalue weighted by Crippen LogP contribution is -2.17. The van der Waals surface area contributed by atoms with Gasteiger partial charge in [-0.25, -0.2) is 8.78 Å². The van der Waals surface area contributed by atoms with E-state index in [0.29, 0.717) is 11.1 Å². The summed E-state index contributed by atoms with van der Waals surface area (Å²) in [5.41, 5.74) is 3.95. The lowest BCUT2D eigenvalue weighted by molar-refractivity contribution is 0.514. The van der Waals surface area contributed by atoms with E-state index in [-0.39, 0.29) is 11.1 Å². The average Bonchev–Trinajstić information content (AvgIpc) is 2.74. The quantitative estimate of drug-likeness (QED) is 0.368. The van der Waals surface area contributed by atoms with Crippen LogP contribution in [-0.4, -0.2) is 0 Å². The molecular formula is C24H18F2P2. The van der Waals surface area contributed by atoms with Gasteiger partial charge >= 0.3 is 0 Å². The predicted octanol–water partition coefficient (Wildman–Crippen LogP) is 5.97. The van der Waals surface area contributed by atoms with Crippen LogP contribution in [0.25, 0.3) is 33.4 Å². The maximum Gasteiger partial charge on any atom is 0.167 e. The molecule has 0 amide bonds. The second-order valence-corrected chi connectivity index (χ2v) is 7.66. The normalized spacial score (nSPS) is 10.9. The Balaban J connectivity index is 1.82. The van der Waals surface area contributed by atoms with Crippen LogP contribution < -0.4 is 10.6 Å². The van der Waals surface area contributed by atoms with Crippen molar-refractivity contribution in [2.45, 2.75) is 0 Å². The molecule has 0 bridgehead atoms. The van der Waals surface area contributed by atoms with Crippen LogP contribution in [0.3, 0.4) is 0 Å². The van der Waals surface area contributed by atoms with E-state index in [0.717, 1.165) is 21.7 Å². The molecule has 2 unspecified atom stereocenters. The lowest BCUT2D eigenvalue weighted by Gasteiger charge is -2.15. The van der Waals surface area contributed by atoms with Gasteiger partial charge in [0.05, 0.1) is 0 Å². The highest BCUT2D eigenvalue weighted by atomic mass is 31.0. The molecule has 28 heavy (non-hydrogen) atoms. The van der Waals surface area contributed by atoms with E-state index in [4.69, 9.17) is 0 Å². The molecule has 0 aliphatic rings. The molecule has 0 aliphatic heterocycles. The first-order valence-electron chi connectivity index (χ1n) is 8.85. The van der Waals surface area contributed by atoms with E-state index in [1.54, 1.807) is 24.3 Å². The molecule has 4 aromatic rings. The van der Waals surface area contributed by atoms with Crippen molar-refractivity contribution in [3.63, 3.8) is 0 Å². The van der Waals surface area contributed by atoms with Gasteiger partial charge in [0.1, 0.15) is 0 Å². The van der Waals surface area contributed by atoms with E-state index in [9.17, 15) is 8.78 Å². The topological polar surface area (TPSA) is 0 Å². The highest BCUT2D eigenvalue weighted by Gasteiger charge is 2.18.